The van der Waals surface area contributed by atoms with Gasteiger partial charge < -0.3 is 14.2 Å². The van der Waals surface area contributed by atoms with E-state index >= 15 is 0 Å². The van der Waals surface area contributed by atoms with Gasteiger partial charge >= 0.3 is 0 Å². The lowest BCUT2D eigenvalue weighted by atomic mass is 10.1. The van der Waals surface area contributed by atoms with Crippen molar-refractivity contribution in [3.05, 3.63) is 48.5 Å². The highest BCUT2D eigenvalue weighted by Gasteiger charge is 2.26. The number of aromatic nitrogens is 3. The Morgan fingerprint density at radius 1 is 1.32 bits per heavy atom. The van der Waals surface area contributed by atoms with Crippen molar-refractivity contribution in [3.8, 4) is 5.88 Å². The highest BCUT2D eigenvalue weighted by Crippen LogP contribution is 2.20. The van der Waals surface area contributed by atoms with E-state index in [9.17, 15) is 4.79 Å². The monoisotopic (exact) mass is 338 g/mol. The van der Waals surface area contributed by atoms with Crippen molar-refractivity contribution >= 4 is 16.9 Å². The Kier molecular flexibility index (Phi) is 4.28. The number of hydrogen-bond donors (Lipinski definition) is 0. The summed E-state index contributed by atoms with van der Waals surface area (Å²) in [6.07, 6.45) is 6.74. The van der Waals surface area contributed by atoms with Gasteiger partial charge in [-0.1, -0.05) is 17.3 Å². The standard InChI is InChI=1S/C18H18N4O3/c23-18(10-15-14-5-1-2-6-16(14)25-21-15)22-9-3-4-13(12-22)24-17-11-19-7-8-20-17/h1-2,5-8,11,13H,3-4,9-10,12H2/t13-/m0/s1. The van der Waals surface area contributed by atoms with Crippen molar-refractivity contribution in [1.29, 1.82) is 0 Å². The molecule has 1 fully saturated rings. The summed E-state index contributed by atoms with van der Waals surface area (Å²) in [5.41, 5.74) is 1.38. The number of amides is 1. The fraction of sp³-hybridized carbons (Fsp3) is 0.333. The van der Waals surface area contributed by atoms with Gasteiger partial charge in [-0.3, -0.25) is 9.78 Å². The van der Waals surface area contributed by atoms with E-state index in [0.717, 1.165) is 24.8 Å². The number of rotatable bonds is 4. The van der Waals surface area contributed by atoms with E-state index in [1.807, 2.05) is 29.2 Å². The summed E-state index contributed by atoms with van der Waals surface area (Å²) in [5, 5.41) is 4.93. The molecule has 1 saturated heterocycles. The molecule has 4 rings (SSSR count). The zero-order chi connectivity index (χ0) is 17.1. The second kappa shape index (κ2) is 6.88. The van der Waals surface area contributed by atoms with Crippen molar-refractivity contribution < 1.29 is 14.1 Å². The molecule has 1 aliphatic rings. The molecule has 0 bridgehead atoms. The van der Waals surface area contributed by atoms with E-state index in [1.54, 1.807) is 18.6 Å². The SMILES string of the molecule is O=C(Cc1noc2ccccc12)N1CCC[C@H](Oc2cnccn2)C1. The normalized spacial score (nSPS) is 17.6. The highest BCUT2D eigenvalue weighted by molar-refractivity contribution is 5.86. The number of piperidine rings is 1. The Labute approximate surface area is 144 Å². The lowest BCUT2D eigenvalue weighted by Crippen LogP contribution is -2.45. The molecular weight excluding hydrogens is 320 g/mol. The zero-order valence-corrected chi connectivity index (χ0v) is 13.7. The van der Waals surface area contributed by atoms with Crippen LogP contribution >= 0.6 is 0 Å². The number of benzene rings is 1. The summed E-state index contributed by atoms with van der Waals surface area (Å²) in [5.74, 6) is 0.524. The largest absolute Gasteiger partial charge is 0.471 e. The van der Waals surface area contributed by atoms with Crippen LogP contribution in [0.3, 0.4) is 0 Å². The molecule has 1 aromatic carbocycles. The summed E-state index contributed by atoms with van der Waals surface area (Å²) < 4.78 is 11.1. The van der Waals surface area contributed by atoms with Gasteiger partial charge in [0, 0.05) is 24.3 Å². The minimum atomic E-state index is -0.0662. The average molecular weight is 338 g/mol. The van der Waals surface area contributed by atoms with Gasteiger partial charge in [0.2, 0.25) is 11.8 Å². The van der Waals surface area contributed by atoms with Crippen LogP contribution in [0.25, 0.3) is 11.0 Å². The Balaban J connectivity index is 1.41. The molecule has 1 aliphatic heterocycles. The maximum Gasteiger partial charge on any atom is 0.232 e. The number of para-hydroxylation sites is 1. The molecule has 3 aromatic rings. The molecule has 7 heteroatoms. The average Bonchev–Trinajstić information content (AvgIpc) is 3.06. The van der Waals surface area contributed by atoms with E-state index in [4.69, 9.17) is 9.26 Å². The second-order valence-corrected chi connectivity index (χ2v) is 6.07. The predicted molar refractivity (Wildman–Crippen MR) is 90.0 cm³/mol. The molecule has 1 atom stereocenters. The van der Waals surface area contributed by atoms with Crippen molar-refractivity contribution in [3.63, 3.8) is 0 Å². The first kappa shape index (κ1) is 15.6. The maximum absolute atomic E-state index is 12.7. The summed E-state index contributed by atoms with van der Waals surface area (Å²) >= 11 is 0. The molecule has 0 unspecified atom stereocenters. The first-order valence-electron chi connectivity index (χ1n) is 8.33. The van der Waals surface area contributed by atoms with Crippen LogP contribution in [0.5, 0.6) is 5.88 Å². The lowest BCUT2D eigenvalue weighted by molar-refractivity contribution is -0.133. The number of ether oxygens (including phenoxy) is 1. The number of nitrogens with zero attached hydrogens (tertiary/aromatic N) is 4. The van der Waals surface area contributed by atoms with Gasteiger partial charge in [0.05, 0.1) is 19.2 Å². The lowest BCUT2D eigenvalue weighted by Gasteiger charge is -2.32. The van der Waals surface area contributed by atoms with Crippen molar-refractivity contribution in [2.24, 2.45) is 0 Å². The van der Waals surface area contributed by atoms with Crippen LogP contribution < -0.4 is 4.74 Å². The Bertz CT molecular complexity index is 865. The van der Waals surface area contributed by atoms with E-state index in [-0.39, 0.29) is 18.4 Å². The Hall–Kier alpha value is -2.96. The number of carbonyl (C=O) groups excluding carboxylic acids is 1. The van der Waals surface area contributed by atoms with Crippen LogP contribution in [-0.4, -0.2) is 45.1 Å². The molecule has 7 nitrogen and oxygen atoms in total. The van der Waals surface area contributed by atoms with Crippen LogP contribution in [0.1, 0.15) is 18.5 Å². The minimum Gasteiger partial charge on any atom is -0.471 e. The third-order valence-electron chi connectivity index (χ3n) is 4.33. The van der Waals surface area contributed by atoms with Gasteiger partial charge in [0.15, 0.2) is 5.58 Å². The highest BCUT2D eigenvalue weighted by atomic mass is 16.5. The molecule has 25 heavy (non-hydrogen) atoms. The van der Waals surface area contributed by atoms with Crippen LogP contribution in [0.15, 0.2) is 47.4 Å². The van der Waals surface area contributed by atoms with Crippen molar-refractivity contribution in [2.45, 2.75) is 25.4 Å². The number of hydrogen-bond acceptors (Lipinski definition) is 6. The molecule has 0 N–H and O–H groups in total. The molecule has 0 aliphatic carbocycles. The predicted octanol–water partition coefficient (Wildman–Crippen LogP) is 2.23. The summed E-state index contributed by atoms with van der Waals surface area (Å²) in [6, 6.07) is 7.57. The molecule has 1 amide bonds. The van der Waals surface area contributed by atoms with Crippen LogP contribution in [-0.2, 0) is 11.2 Å². The zero-order valence-electron chi connectivity index (χ0n) is 13.7. The minimum absolute atomic E-state index is 0.0338. The Morgan fingerprint density at radius 3 is 3.12 bits per heavy atom. The van der Waals surface area contributed by atoms with Gasteiger partial charge in [0.1, 0.15) is 11.8 Å². The summed E-state index contributed by atoms with van der Waals surface area (Å²) in [7, 11) is 0. The first-order chi connectivity index (χ1) is 12.3. The van der Waals surface area contributed by atoms with Crippen LogP contribution in [0, 0.1) is 0 Å². The van der Waals surface area contributed by atoms with E-state index < -0.39 is 0 Å². The molecule has 0 spiro atoms. The summed E-state index contributed by atoms with van der Waals surface area (Å²) in [6.45, 7) is 1.28. The topological polar surface area (TPSA) is 81.4 Å². The number of fused-ring (bicyclic) bond motifs is 1. The van der Waals surface area contributed by atoms with Gasteiger partial charge in [-0.2, -0.15) is 0 Å². The molecule has 0 saturated carbocycles. The van der Waals surface area contributed by atoms with Gasteiger partial charge in [0.25, 0.3) is 0 Å². The molecule has 0 radical (unpaired) electrons. The van der Waals surface area contributed by atoms with Gasteiger partial charge in [-0.25, -0.2) is 4.98 Å². The smallest absolute Gasteiger partial charge is 0.232 e. The molecule has 2 aromatic heterocycles. The van der Waals surface area contributed by atoms with E-state index in [0.29, 0.717) is 23.7 Å². The fourth-order valence-corrected chi connectivity index (χ4v) is 3.10. The molecule has 128 valence electrons. The fourth-order valence-electron chi connectivity index (χ4n) is 3.10. The van der Waals surface area contributed by atoms with Gasteiger partial charge in [-0.05, 0) is 25.0 Å². The Morgan fingerprint density at radius 2 is 2.24 bits per heavy atom. The van der Waals surface area contributed by atoms with E-state index in [2.05, 4.69) is 15.1 Å². The van der Waals surface area contributed by atoms with Crippen molar-refractivity contribution in [1.82, 2.24) is 20.0 Å². The molecular formula is C18H18N4O3. The van der Waals surface area contributed by atoms with Crippen molar-refractivity contribution in [2.75, 3.05) is 13.1 Å². The van der Waals surface area contributed by atoms with Crippen LogP contribution in [0.2, 0.25) is 0 Å². The van der Waals surface area contributed by atoms with Gasteiger partial charge in [-0.15, -0.1) is 0 Å². The summed E-state index contributed by atoms with van der Waals surface area (Å²) in [4.78, 5) is 22.6. The van der Waals surface area contributed by atoms with Crippen LogP contribution in [0.4, 0.5) is 0 Å². The second-order valence-electron chi connectivity index (χ2n) is 6.07. The maximum atomic E-state index is 12.7. The molecule has 3 heterocycles. The number of carbonyl (C=O) groups is 1. The number of likely N-dealkylation sites (tertiary alicyclic amines) is 1. The van der Waals surface area contributed by atoms with E-state index in [1.165, 1.54) is 0 Å². The first-order valence-corrected chi connectivity index (χ1v) is 8.33. The third kappa shape index (κ3) is 3.45. The quantitative estimate of drug-likeness (QED) is 0.725. The third-order valence-corrected chi connectivity index (χ3v) is 4.33.